The van der Waals surface area contributed by atoms with E-state index in [9.17, 15) is 0 Å². The van der Waals surface area contributed by atoms with Crippen molar-refractivity contribution in [3.05, 3.63) is 20.6 Å². The molecule has 2 aliphatic carbocycles. The van der Waals surface area contributed by atoms with Gasteiger partial charge in [0.05, 0.1) is 0 Å². The van der Waals surface area contributed by atoms with Gasteiger partial charge in [-0.2, -0.15) is 0 Å². The SMILES string of the molecule is CC1C(C[Si](C)(C)C)=[C]([Ti+3])C2=C1CCCC2.[Cl-].[Cl-].[Cl-]. The van der Waals surface area contributed by atoms with Crippen LogP contribution in [-0.2, 0) is 20.4 Å². The quantitative estimate of drug-likeness (QED) is 0.430. The maximum Gasteiger partial charge on any atom is -1.00 e. The van der Waals surface area contributed by atoms with E-state index in [2.05, 4.69) is 47.0 Å². The fraction of sp³-hybridized carbons (Fsp3) is 0.714. The van der Waals surface area contributed by atoms with Crippen LogP contribution in [0.2, 0.25) is 25.7 Å². The van der Waals surface area contributed by atoms with Gasteiger partial charge in [0.1, 0.15) is 0 Å². The van der Waals surface area contributed by atoms with Crippen LogP contribution in [0.5, 0.6) is 0 Å². The first-order valence-electron chi connectivity index (χ1n) is 6.57. The third-order valence-corrected chi connectivity index (χ3v) is 6.31. The van der Waals surface area contributed by atoms with Crippen LogP contribution in [0.15, 0.2) is 20.6 Å². The Hall–Kier alpha value is 1.28. The smallest absolute Gasteiger partial charge is 1.00 e. The maximum absolute atomic E-state index is 2.50. The van der Waals surface area contributed by atoms with E-state index >= 15 is 0 Å². The topological polar surface area (TPSA) is 0 Å². The summed E-state index contributed by atoms with van der Waals surface area (Å²) < 4.78 is 1.68. The van der Waals surface area contributed by atoms with Gasteiger partial charge in [-0.25, -0.2) is 0 Å². The third kappa shape index (κ3) is 5.20. The van der Waals surface area contributed by atoms with Gasteiger partial charge < -0.3 is 37.2 Å². The molecule has 0 heterocycles. The second-order valence-corrected chi connectivity index (χ2v) is 12.8. The maximum atomic E-state index is 2.50. The van der Waals surface area contributed by atoms with Crippen LogP contribution in [0.25, 0.3) is 0 Å². The Morgan fingerprint density at radius 2 is 1.58 bits per heavy atom. The molecule has 0 aromatic rings. The minimum atomic E-state index is -0.955. The van der Waals surface area contributed by atoms with Crippen LogP contribution >= 0.6 is 0 Å². The molecule has 0 spiro atoms. The van der Waals surface area contributed by atoms with E-state index in [-0.39, 0.29) is 37.2 Å². The van der Waals surface area contributed by atoms with Gasteiger partial charge in [0, 0.05) is 0 Å². The Bertz CT molecular complexity index is 369. The van der Waals surface area contributed by atoms with Gasteiger partial charge in [0.15, 0.2) is 0 Å². The zero-order valence-corrected chi connectivity index (χ0v) is 17.1. The first kappa shape index (κ1) is 22.6. The molecule has 1 unspecified atom stereocenters. The van der Waals surface area contributed by atoms with Crippen molar-refractivity contribution in [1.82, 2.24) is 0 Å². The van der Waals surface area contributed by atoms with Gasteiger partial charge in [-0.1, -0.05) is 0 Å². The van der Waals surface area contributed by atoms with Crippen molar-refractivity contribution < 1.29 is 57.7 Å². The number of halogens is 3. The molecule has 0 aliphatic heterocycles. The average Bonchev–Trinajstić information content (AvgIpc) is 2.43. The van der Waals surface area contributed by atoms with Crippen LogP contribution in [-0.4, -0.2) is 8.07 Å². The summed E-state index contributed by atoms with van der Waals surface area (Å²) >= 11 is 2.39. The minimum Gasteiger partial charge on any atom is -1.00 e. The third-order valence-electron chi connectivity index (χ3n) is 3.90. The normalized spacial score (nSPS) is 22.3. The molecule has 0 radical (unpaired) electrons. The van der Waals surface area contributed by atoms with E-state index in [1.54, 1.807) is 20.6 Å². The molecule has 0 fully saturated rings. The van der Waals surface area contributed by atoms with Crippen molar-refractivity contribution in [2.75, 3.05) is 0 Å². The standard InChI is InChI=1S/C14H23Si.3ClH.Ti/c1-11-13(10-15(2,3)4)9-12-7-5-6-8-14(11)12;;;;/h11H,5-8,10H2,1-4H3;3*1H;/q;;;;+3/p-3. The fourth-order valence-corrected chi connectivity index (χ4v) is 5.95. The molecular weight excluding hydrogens is 350 g/mol. The molecule has 2 rings (SSSR count). The first-order valence-corrected chi connectivity index (χ1v) is 11.1. The number of allylic oxidation sites excluding steroid dienone is 4. The zero-order valence-electron chi connectivity index (χ0n) is 12.2. The van der Waals surface area contributed by atoms with Crippen molar-refractivity contribution in [1.29, 1.82) is 0 Å². The van der Waals surface area contributed by atoms with E-state index in [0.717, 1.165) is 5.92 Å². The summed E-state index contributed by atoms with van der Waals surface area (Å²) in [5.41, 5.74) is 5.36. The van der Waals surface area contributed by atoms with Crippen molar-refractivity contribution >= 4 is 8.07 Å². The van der Waals surface area contributed by atoms with Gasteiger partial charge in [-0.05, 0) is 0 Å². The largest absolute Gasteiger partial charge is 1.00 e. The van der Waals surface area contributed by atoms with E-state index in [4.69, 9.17) is 0 Å². The molecule has 0 N–H and O–H groups in total. The average molecular weight is 374 g/mol. The Labute approximate surface area is 149 Å². The molecule has 108 valence electrons. The van der Waals surface area contributed by atoms with Crippen LogP contribution in [0.1, 0.15) is 32.6 Å². The monoisotopic (exact) mass is 372 g/mol. The van der Waals surface area contributed by atoms with Crippen molar-refractivity contribution in [3.63, 3.8) is 0 Å². The molecule has 1 atom stereocenters. The molecule has 19 heavy (non-hydrogen) atoms. The van der Waals surface area contributed by atoms with Crippen LogP contribution in [0.3, 0.4) is 0 Å². The molecule has 0 amide bonds. The predicted molar refractivity (Wildman–Crippen MR) is 69.8 cm³/mol. The summed E-state index contributed by atoms with van der Waals surface area (Å²) in [6.07, 6.45) is 5.59. The first-order chi connectivity index (χ1) is 7.40. The summed E-state index contributed by atoms with van der Waals surface area (Å²) in [5, 5.41) is 0. The van der Waals surface area contributed by atoms with Gasteiger partial charge in [-0.3, -0.25) is 0 Å². The minimum absolute atomic E-state index is 0. The Balaban J connectivity index is 0. The van der Waals surface area contributed by atoms with Crippen LogP contribution in [0, 0.1) is 5.92 Å². The van der Waals surface area contributed by atoms with E-state index in [1.807, 2.05) is 0 Å². The van der Waals surface area contributed by atoms with Crippen molar-refractivity contribution in [3.8, 4) is 0 Å². The van der Waals surface area contributed by atoms with Gasteiger partial charge >= 0.3 is 113 Å². The second-order valence-electron chi connectivity index (χ2n) is 6.57. The second kappa shape index (κ2) is 8.66. The molecular formula is C14H23Cl3SiTi. The van der Waals surface area contributed by atoms with Crippen molar-refractivity contribution in [2.24, 2.45) is 5.92 Å². The Morgan fingerprint density at radius 3 is 2.05 bits per heavy atom. The number of rotatable bonds is 2. The molecule has 0 saturated heterocycles. The molecule has 0 saturated carbocycles. The Morgan fingerprint density at radius 1 is 1.05 bits per heavy atom. The zero-order chi connectivity index (χ0) is 11.9. The summed E-state index contributed by atoms with van der Waals surface area (Å²) in [6, 6.07) is 1.41. The van der Waals surface area contributed by atoms with E-state index < -0.39 is 8.07 Å². The predicted octanol–water partition coefficient (Wildman–Crippen LogP) is -4.34. The molecule has 5 heteroatoms. The number of hydrogen-bond acceptors (Lipinski definition) is 0. The molecule has 0 aromatic carbocycles. The number of hydrogen-bond donors (Lipinski definition) is 0. The summed E-state index contributed by atoms with van der Waals surface area (Å²) in [7, 11) is -0.955. The molecule has 0 aromatic heterocycles. The Kier molecular flexibility index (Phi) is 10.3. The van der Waals surface area contributed by atoms with Gasteiger partial charge in [0.25, 0.3) is 0 Å². The summed E-state index contributed by atoms with van der Waals surface area (Å²) in [5.74, 6) is 0.780. The summed E-state index contributed by atoms with van der Waals surface area (Å²) in [6.45, 7) is 9.94. The van der Waals surface area contributed by atoms with Crippen LogP contribution in [0.4, 0.5) is 0 Å². The molecule has 0 bridgehead atoms. The van der Waals surface area contributed by atoms with Crippen LogP contribution < -0.4 is 37.2 Å². The molecule has 2 aliphatic rings. The molecule has 0 nitrogen and oxygen atoms in total. The van der Waals surface area contributed by atoms with E-state index in [1.165, 1.54) is 31.7 Å². The van der Waals surface area contributed by atoms with Gasteiger partial charge in [-0.15, -0.1) is 0 Å². The fourth-order valence-electron chi connectivity index (χ4n) is 3.13. The summed E-state index contributed by atoms with van der Waals surface area (Å²) in [4.78, 5) is 0. The van der Waals surface area contributed by atoms with Crippen molar-refractivity contribution in [2.45, 2.75) is 58.3 Å². The van der Waals surface area contributed by atoms with Gasteiger partial charge in [0.2, 0.25) is 0 Å². The van der Waals surface area contributed by atoms with E-state index in [0.29, 0.717) is 0 Å².